The van der Waals surface area contributed by atoms with E-state index in [1.54, 1.807) is 29.9 Å². The van der Waals surface area contributed by atoms with Crippen molar-refractivity contribution in [2.75, 3.05) is 5.32 Å². The zero-order chi connectivity index (χ0) is 14.5. The fraction of sp³-hybridized carbons (Fsp3) is 0.133. The number of ether oxygens (including phenoxy) is 1. The maximum atomic E-state index is 5.60. The fourth-order valence-electron chi connectivity index (χ4n) is 1.75. The summed E-state index contributed by atoms with van der Waals surface area (Å²) < 4.78 is 5.60. The van der Waals surface area contributed by atoms with Crippen LogP contribution in [0.3, 0.4) is 0 Å². The summed E-state index contributed by atoms with van der Waals surface area (Å²) >= 11 is 1.65. The van der Waals surface area contributed by atoms with Crippen LogP contribution in [-0.4, -0.2) is 15.0 Å². The van der Waals surface area contributed by atoms with Gasteiger partial charge >= 0.3 is 0 Å². The van der Waals surface area contributed by atoms with Crippen LogP contribution in [0.4, 0.5) is 5.13 Å². The van der Waals surface area contributed by atoms with Crippen LogP contribution in [0, 0.1) is 6.92 Å². The summed E-state index contributed by atoms with van der Waals surface area (Å²) in [6.45, 7) is 2.78. The SMILES string of the molecule is Cc1cnc(NCc2ccc(Oc3cnccn3)cc2)s1. The Balaban J connectivity index is 1.59. The van der Waals surface area contributed by atoms with Crippen LogP contribution in [0.25, 0.3) is 0 Å². The van der Waals surface area contributed by atoms with E-state index in [-0.39, 0.29) is 0 Å². The Labute approximate surface area is 126 Å². The molecule has 0 atom stereocenters. The van der Waals surface area contributed by atoms with E-state index in [4.69, 9.17) is 4.74 Å². The van der Waals surface area contributed by atoms with E-state index in [0.29, 0.717) is 5.88 Å². The first-order valence-electron chi connectivity index (χ1n) is 6.49. The highest BCUT2D eigenvalue weighted by molar-refractivity contribution is 7.15. The van der Waals surface area contributed by atoms with Gasteiger partial charge in [0.05, 0.1) is 6.20 Å². The molecular formula is C15H14N4OS. The highest BCUT2D eigenvalue weighted by Gasteiger charge is 2.01. The smallest absolute Gasteiger partial charge is 0.237 e. The van der Waals surface area contributed by atoms with Crippen LogP contribution in [0.2, 0.25) is 0 Å². The van der Waals surface area contributed by atoms with Crippen molar-refractivity contribution in [1.82, 2.24) is 15.0 Å². The first-order valence-corrected chi connectivity index (χ1v) is 7.30. The van der Waals surface area contributed by atoms with Gasteiger partial charge in [-0.05, 0) is 24.6 Å². The molecule has 6 heteroatoms. The number of rotatable bonds is 5. The van der Waals surface area contributed by atoms with Crippen molar-refractivity contribution in [1.29, 1.82) is 0 Å². The van der Waals surface area contributed by atoms with Crippen LogP contribution in [0.15, 0.2) is 49.1 Å². The lowest BCUT2D eigenvalue weighted by molar-refractivity contribution is 0.460. The molecule has 106 valence electrons. The highest BCUT2D eigenvalue weighted by Crippen LogP contribution is 2.20. The van der Waals surface area contributed by atoms with E-state index in [1.165, 1.54) is 4.88 Å². The number of aromatic nitrogens is 3. The van der Waals surface area contributed by atoms with Gasteiger partial charge in [0.2, 0.25) is 5.88 Å². The van der Waals surface area contributed by atoms with Gasteiger partial charge in [-0.3, -0.25) is 4.98 Å². The molecule has 2 aromatic heterocycles. The van der Waals surface area contributed by atoms with Gasteiger partial charge in [-0.15, -0.1) is 11.3 Å². The first kappa shape index (κ1) is 13.5. The number of hydrogen-bond acceptors (Lipinski definition) is 6. The summed E-state index contributed by atoms with van der Waals surface area (Å²) in [4.78, 5) is 13.5. The van der Waals surface area contributed by atoms with Crippen molar-refractivity contribution in [3.63, 3.8) is 0 Å². The summed E-state index contributed by atoms with van der Waals surface area (Å²) in [5.41, 5.74) is 1.16. The lowest BCUT2D eigenvalue weighted by atomic mass is 10.2. The molecule has 5 nitrogen and oxygen atoms in total. The quantitative estimate of drug-likeness (QED) is 0.779. The van der Waals surface area contributed by atoms with Crippen molar-refractivity contribution >= 4 is 16.5 Å². The molecule has 0 saturated carbocycles. The van der Waals surface area contributed by atoms with Crippen molar-refractivity contribution in [2.45, 2.75) is 13.5 Å². The molecule has 0 aliphatic heterocycles. The van der Waals surface area contributed by atoms with Gasteiger partial charge in [-0.25, -0.2) is 9.97 Å². The second-order valence-corrected chi connectivity index (χ2v) is 5.65. The second kappa shape index (κ2) is 6.32. The summed E-state index contributed by atoms with van der Waals surface area (Å²) in [6.07, 6.45) is 6.66. The summed E-state index contributed by atoms with van der Waals surface area (Å²) in [5.74, 6) is 1.23. The lowest BCUT2D eigenvalue weighted by Crippen LogP contribution is -1.98. The number of benzene rings is 1. The number of anilines is 1. The zero-order valence-electron chi connectivity index (χ0n) is 11.5. The Bertz CT molecular complexity index is 697. The molecule has 1 N–H and O–H groups in total. The minimum absolute atomic E-state index is 0.488. The third kappa shape index (κ3) is 3.76. The monoisotopic (exact) mass is 298 g/mol. The molecule has 0 radical (unpaired) electrons. The minimum atomic E-state index is 0.488. The van der Waals surface area contributed by atoms with Crippen LogP contribution < -0.4 is 10.1 Å². The predicted molar refractivity (Wildman–Crippen MR) is 82.7 cm³/mol. The van der Waals surface area contributed by atoms with Crippen LogP contribution in [0.1, 0.15) is 10.4 Å². The lowest BCUT2D eigenvalue weighted by Gasteiger charge is -2.06. The molecule has 1 aromatic carbocycles. The first-order chi connectivity index (χ1) is 10.3. The number of hydrogen-bond donors (Lipinski definition) is 1. The molecule has 3 aromatic rings. The van der Waals surface area contributed by atoms with Gasteiger partial charge < -0.3 is 10.1 Å². The predicted octanol–water partition coefficient (Wildman–Crippen LogP) is 3.65. The van der Waals surface area contributed by atoms with Gasteiger partial charge in [0.15, 0.2) is 5.13 Å². The van der Waals surface area contributed by atoms with E-state index >= 15 is 0 Å². The molecule has 0 saturated heterocycles. The average molecular weight is 298 g/mol. The third-order valence-corrected chi connectivity index (χ3v) is 3.62. The van der Waals surface area contributed by atoms with Crippen molar-refractivity contribution in [3.8, 4) is 11.6 Å². The third-order valence-electron chi connectivity index (χ3n) is 2.75. The van der Waals surface area contributed by atoms with E-state index in [2.05, 4.69) is 20.3 Å². The summed E-state index contributed by atoms with van der Waals surface area (Å²) in [6, 6.07) is 7.86. The fourth-order valence-corrected chi connectivity index (χ4v) is 2.41. The van der Waals surface area contributed by atoms with Crippen LogP contribution in [-0.2, 0) is 6.54 Å². The Morgan fingerprint density at radius 1 is 1.10 bits per heavy atom. The molecule has 0 aliphatic rings. The van der Waals surface area contributed by atoms with Crippen LogP contribution in [0.5, 0.6) is 11.6 Å². The highest BCUT2D eigenvalue weighted by atomic mass is 32.1. The van der Waals surface area contributed by atoms with E-state index < -0.39 is 0 Å². The topological polar surface area (TPSA) is 59.9 Å². The Kier molecular flexibility index (Phi) is 4.07. The Morgan fingerprint density at radius 3 is 2.62 bits per heavy atom. The number of nitrogens with zero attached hydrogens (tertiary/aromatic N) is 3. The largest absolute Gasteiger partial charge is 0.438 e. The standard InChI is InChI=1S/C15H14N4OS/c1-11-8-18-15(21-11)19-9-12-2-4-13(5-3-12)20-14-10-16-6-7-17-14/h2-8,10H,9H2,1H3,(H,18,19). The van der Waals surface area contributed by atoms with Crippen molar-refractivity contribution in [3.05, 3.63) is 59.5 Å². The molecule has 21 heavy (non-hydrogen) atoms. The van der Waals surface area contributed by atoms with E-state index in [0.717, 1.165) is 23.0 Å². The van der Waals surface area contributed by atoms with Gasteiger partial charge in [0.25, 0.3) is 0 Å². The van der Waals surface area contributed by atoms with E-state index in [1.807, 2.05) is 37.4 Å². The zero-order valence-corrected chi connectivity index (χ0v) is 12.3. The second-order valence-electron chi connectivity index (χ2n) is 4.42. The van der Waals surface area contributed by atoms with Gasteiger partial charge in [0, 0.05) is 30.0 Å². The maximum Gasteiger partial charge on any atom is 0.237 e. The van der Waals surface area contributed by atoms with Gasteiger partial charge in [0.1, 0.15) is 5.75 Å². The Morgan fingerprint density at radius 2 is 1.95 bits per heavy atom. The number of aryl methyl sites for hydroxylation is 1. The van der Waals surface area contributed by atoms with E-state index in [9.17, 15) is 0 Å². The normalized spacial score (nSPS) is 10.3. The van der Waals surface area contributed by atoms with Gasteiger partial charge in [-0.1, -0.05) is 12.1 Å². The van der Waals surface area contributed by atoms with Crippen molar-refractivity contribution in [2.24, 2.45) is 0 Å². The minimum Gasteiger partial charge on any atom is -0.438 e. The molecule has 0 bridgehead atoms. The summed E-state index contributed by atoms with van der Waals surface area (Å²) in [7, 11) is 0. The molecular weight excluding hydrogens is 284 g/mol. The molecule has 0 amide bonds. The van der Waals surface area contributed by atoms with Crippen LogP contribution >= 0.6 is 11.3 Å². The molecule has 0 fully saturated rings. The van der Waals surface area contributed by atoms with Crippen molar-refractivity contribution < 1.29 is 4.74 Å². The average Bonchev–Trinajstić information content (AvgIpc) is 2.93. The molecule has 2 heterocycles. The molecule has 0 spiro atoms. The molecule has 3 rings (SSSR count). The molecule has 0 aliphatic carbocycles. The molecule has 0 unspecified atom stereocenters. The maximum absolute atomic E-state index is 5.60. The van der Waals surface area contributed by atoms with Gasteiger partial charge in [-0.2, -0.15) is 0 Å². The number of thiazole rings is 1. The Hall–Kier alpha value is -2.47. The summed E-state index contributed by atoms with van der Waals surface area (Å²) in [5, 5.41) is 4.23. The number of nitrogens with one attached hydrogen (secondary N) is 1.